The maximum Gasteiger partial charge on any atom is 0.0548 e. The van der Waals surface area contributed by atoms with Crippen molar-refractivity contribution in [1.29, 1.82) is 0 Å². The first kappa shape index (κ1) is 23.5. The van der Waals surface area contributed by atoms with Crippen molar-refractivity contribution in [2.24, 2.45) is 0 Å². The first-order valence-corrected chi connectivity index (χ1v) is 14.0. The number of benzene rings is 5. The quantitative estimate of drug-likeness (QED) is 0.204. The van der Waals surface area contributed by atoms with Crippen molar-refractivity contribution in [2.45, 2.75) is 32.7 Å². The summed E-state index contributed by atoms with van der Waals surface area (Å²) in [6.45, 7) is 6.99. The highest BCUT2D eigenvalue weighted by atomic mass is 15.0. The van der Waals surface area contributed by atoms with Crippen molar-refractivity contribution in [3.8, 4) is 5.69 Å². The lowest BCUT2D eigenvalue weighted by Gasteiger charge is -2.11. The molecule has 2 heteroatoms. The van der Waals surface area contributed by atoms with Crippen LogP contribution >= 0.6 is 0 Å². The fourth-order valence-corrected chi connectivity index (χ4v) is 6.22. The number of hydrogen-bond donors (Lipinski definition) is 0. The second-order valence-electron chi connectivity index (χ2n) is 10.5. The van der Waals surface area contributed by atoms with E-state index in [4.69, 9.17) is 0 Å². The zero-order valence-corrected chi connectivity index (χ0v) is 22.4. The third-order valence-electron chi connectivity index (χ3n) is 8.12. The molecule has 0 atom stereocenters. The monoisotopic (exact) mass is 504 g/mol. The Morgan fingerprint density at radius 1 is 0.641 bits per heavy atom. The molecule has 190 valence electrons. The Balaban J connectivity index is 1.51. The summed E-state index contributed by atoms with van der Waals surface area (Å²) in [6.07, 6.45) is 5.44. The maximum absolute atomic E-state index is 3.91. The smallest absolute Gasteiger partial charge is 0.0548 e. The molecule has 0 radical (unpaired) electrons. The van der Waals surface area contributed by atoms with E-state index in [1.807, 2.05) is 6.08 Å². The number of rotatable bonds is 7. The van der Waals surface area contributed by atoms with Crippen LogP contribution in [-0.2, 0) is 13.0 Å². The molecular weight excluding hydrogens is 472 g/mol. The van der Waals surface area contributed by atoms with Gasteiger partial charge < -0.3 is 9.13 Å². The molecular formula is C37H32N2. The van der Waals surface area contributed by atoms with Gasteiger partial charge in [-0.05, 0) is 65.9 Å². The lowest BCUT2D eigenvalue weighted by molar-refractivity contribution is 0.794. The molecule has 0 aliphatic rings. The average molecular weight is 505 g/mol. The molecule has 0 saturated carbocycles. The van der Waals surface area contributed by atoms with Gasteiger partial charge in [-0.15, -0.1) is 0 Å². The van der Waals surface area contributed by atoms with Crippen LogP contribution in [0.5, 0.6) is 0 Å². The highest BCUT2D eigenvalue weighted by molar-refractivity contribution is 6.28. The Labute approximate surface area is 229 Å². The number of fused-ring (bicyclic) bond motifs is 7. The largest absolute Gasteiger partial charge is 0.336 e. The standard InChI is InChI=1S/C37H32N2/c1-3-5-11-27-12-10-13-29(24-27)39-33-17-9-7-15-31(33)37-35(39)23-22-34-36(37)30-14-6-8-16-32(30)38(34)25-28-20-18-26(4-2)19-21-28/h4,6-10,12-24H,2-3,5,11,25H2,1H3. The SMILES string of the molecule is C=Cc1ccc(Cn2c3ccccc3c3c4c5ccccc5n(-c5cccc(CCCC)c5)c4ccc32)cc1. The summed E-state index contributed by atoms with van der Waals surface area (Å²) in [5.41, 5.74) is 10.1. The first-order chi connectivity index (χ1) is 19.3. The number of aromatic nitrogens is 2. The first-order valence-electron chi connectivity index (χ1n) is 14.0. The molecule has 0 saturated heterocycles. The lowest BCUT2D eigenvalue weighted by atomic mass is 10.1. The summed E-state index contributed by atoms with van der Waals surface area (Å²) in [5.74, 6) is 0. The van der Waals surface area contributed by atoms with Gasteiger partial charge in [-0.2, -0.15) is 0 Å². The van der Waals surface area contributed by atoms with E-state index in [0.717, 1.165) is 18.5 Å². The summed E-state index contributed by atoms with van der Waals surface area (Å²) >= 11 is 0. The highest BCUT2D eigenvalue weighted by Gasteiger charge is 2.19. The third-order valence-corrected chi connectivity index (χ3v) is 8.12. The Morgan fingerprint density at radius 3 is 2.10 bits per heavy atom. The van der Waals surface area contributed by atoms with Gasteiger partial charge in [-0.25, -0.2) is 0 Å². The topological polar surface area (TPSA) is 9.86 Å². The zero-order chi connectivity index (χ0) is 26.3. The Bertz CT molecular complexity index is 1980. The van der Waals surface area contributed by atoms with Crippen LogP contribution in [-0.4, -0.2) is 9.13 Å². The van der Waals surface area contributed by atoms with Gasteiger partial charge in [-0.3, -0.25) is 0 Å². The maximum atomic E-state index is 3.91. The van der Waals surface area contributed by atoms with Gasteiger partial charge in [0.25, 0.3) is 0 Å². The van der Waals surface area contributed by atoms with Crippen LogP contribution in [0.2, 0.25) is 0 Å². The molecule has 0 bridgehead atoms. The van der Waals surface area contributed by atoms with Crippen LogP contribution in [0.15, 0.2) is 116 Å². The Kier molecular flexibility index (Phi) is 5.82. The molecule has 7 rings (SSSR count). The molecule has 39 heavy (non-hydrogen) atoms. The van der Waals surface area contributed by atoms with Crippen LogP contribution in [0.25, 0.3) is 55.4 Å². The van der Waals surface area contributed by atoms with E-state index in [-0.39, 0.29) is 0 Å². The summed E-state index contributed by atoms with van der Waals surface area (Å²) < 4.78 is 4.93. The van der Waals surface area contributed by atoms with Crippen molar-refractivity contribution < 1.29 is 0 Å². The molecule has 2 nitrogen and oxygen atoms in total. The lowest BCUT2D eigenvalue weighted by Crippen LogP contribution is -1.99. The molecule has 7 aromatic rings. The van der Waals surface area contributed by atoms with E-state index in [1.165, 1.54) is 73.3 Å². The number of nitrogens with zero attached hydrogens (tertiary/aromatic N) is 2. The Hall–Kier alpha value is -4.56. The molecule has 0 N–H and O–H groups in total. The summed E-state index contributed by atoms with van der Waals surface area (Å²) in [7, 11) is 0. The summed E-state index contributed by atoms with van der Waals surface area (Å²) in [5, 5.41) is 5.28. The second-order valence-corrected chi connectivity index (χ2v) is 10.5. The molecule has 2 heterocycles. The minimum absolute atomic E-state index is 0.824. The minimum Gasteiger partial charge on any atom is -0.336 e. The second kappa shape index (κ2) is 9.63. The molecule has 0 unspecified atom stereocenters. The molecule has 0 fully saturated rings. The van der Waals surface area contributed by atoms with Gasteiger partial charge in [-0.1, -0.05) is 98.8 Å². The van der Waals surface area contributed by atoms with E-state index >= 15 is 0 Å². The summed E-state index contributed by atoms with van der Waals surface area (Å²) in [6, 6.07) is 40.2. The van der Waals surface area contributed by atoms with E-state index in [9.17, 15) is 0 Å². The molecule has 0 aliphatic carbocycles. The van der Waals surface area contributed by atoms with Crippen LogP contribution in [0, 0.1) is 0 Å². The van der Waals surface area contributed by atoms with Crippen molar-refractivity contribution in [3.05, 3.63) is 132 Å². The molecule has 2 aromatic heterocycles. The van der Waals surface area contributed by atoms with Gasteiger partial charge in [0, 0.05) is 39.3 Å². The van der Waals surface area contributed by atoms with Gasteiger partial charge >= 0.3 is 0 Å². The molecule has 5 aromatic carbocycles. The van der Waals surface area contributed by atoms with E-state index < -0.39 is 0 Å². The van der Waals surface area contributed by atoms with Crippen LogP contribution in [0.1, 0.15) is 36.5 Å². The van der Waals surface area contributed by atoms with Crippen molar-refractivity contribution >= 4 is 49.7 Å². The van der Waals surface area contributed by atoms with Crippen molar-refractivity contribution in [2.75, 3.05) is 0 Å². The number of hydrogen-bond acceptors (Lipinski definition) is 0. The van der Waals surface area contributed by atoms with Crippen LogP contribution in [0.4, 0.5) is 0 Å². The summed E-state index contributed by atoms with van der Waals surface area (Å²) in [4.78, 5) is 0. The fourth-order valence-electron chi connectivity index (χ4n) is 6.22. The van der Waals surface area contributed by atoms with Crippen molar-refractivity contribution in [3.63, 3.8) is 0 Å². The fraction of sp³-hybridized carbons (Fsp3) is 0.135. The minimum atomic E-state index is 0.824. The normalized spacial score (nSPS) is 11.7. The predicted octanol–water partition coefficient (Wildman–Crippen LogP) is 9.93. The van der Waals surface area contributed by atoms with Gasteiger partial charge in [0.1, 0.15) is 0 Å². The highest BCUT2D eigenvalue weighted by Crippen LogP contribution is 2.41. The predicted molar refractivity (Wildman–Crippen MR) is 168 cm³/mol. The van der Waals surface area contributed by atoms with Crippen LogP contribution < -0.4 is 0 Å². The average Bonchev–Trinajstić information content (AvgIpc) is 3.49. The van der Waals surface area contributed by atoms with Crippen LogP contribution in [0.3, 0.4) is 0 Å². The molecule has 0 spiro atoms. The van der Waals surface area contributed by atoms with Gasteiger partial charge in [0.15, 0.2) is 0 Å². The van der Waals surface area contributed by atoms with E-state index in [0.29, 0.717) is 0 Å². The molecule has 0 aliphatic heterocycles. The van der Waals surface area contributed by atoms with Crippen molar-refractivity contribution in [1.82, 2.24) is 9.13 Å². The van der Waals surface area contributed by atoms with E-state index in [2.05, 4.69) is 132 Å². The number of aryl methyl sites for hydroxylation is 1. The molecule has 0 amide bonds. The number of unbranched alkanes of at least 4 members (excludes halogenated alkanes) is 1. The number of para-hydroxylation sites is 2. The zero-order valence-electron chi connectivity index (χ0n) is 22.4. The Morgan fingerprint density at radius 2 is 1.33 bits per heavy atom. The van der Waals surface area contributed by atoms with Gasteiger partial charge in [0.2, 0.25) is 0 Å². The van der Waals surface area contributed by atoms with E-state index in [1.54, 1.807) is 0 Å². The third kappa shape index (κ3) is 3.87. The van der Waals surface area contributed by atoms with Gasteiger partial charge in [0.05, 0.1) is 16.6 Å².